The number of halogens is 3. The highest BCUT2D eigenvalue weighted by atomic mass is 19.4. The summed E-state index contributed by atoms with van der Waals surface area (Å²) < 4.78 is 37.9. The molecular formula is C19H20F3N7O2. The van der Waals surface area contributed by atoms with Crippen molar-refractivity contribution in [2.45, 2.75) is 37.5 Å². The number of alkyl halides is 3. The number of anilines is 3. The van der Waals surface area contributed by atoms with Crippen molar-refractivity contribution in [2.24, 2.45) is 5.73 Å². The Labute approximate surface area is 175 Å². The second-order valence-electron chi connectivity index (χ2n) is 7.41. The molecule has 2 amide bonds. The Bertz CT molecular complexity index is 986. The van der Waals surface area contributed by atoms with E-state index in [0.29, 0.717) is 18.7 Å². The van der Waals surface area contributed by atoms with Crippen LogP contribution in [0.3, 0.4) is 0 Å². The van der Waals surface area contributed by atoms with Gasteiger partial charge in [0.1, 0.15) is 11.7 Å². The van der Waals surface area contributed by atoms with E-state index >= 15 is 0 Å². The van der Waals surface area contributed by atoms with Crippen molar-refractivity contribution in [1.29, 1.82) is 0 Å². The van der Waals surface area contributed by atoms with Gasteiger partial charge in [0.2, 0.25) is 5.95 Å². The molecule has 2 bridgehead atoms. The molecule has 12 heteroatoms. The van der Waals surface area contributed by atoms with Crippen LogP contribution in [0.25, 0.3) is 0 Å². The van der Waals surface area contributed by atoms with Crippen LogP contribution in [0.1, 0.15) is 29.8 Å². The predicted molar refractivity (Wildman–Crippen MR) is 106 cm³/mol. The molecule has 0 saturated carbocycles. The van der Waals surface area contributed by atoms with Crippen LogP contribution in [-0.2, 0) is 0 Å². The number of ketones is 1. The molecule has 3 N–H and O–H groups in total. The zero-order valence-corrected chi connectivity index (χ0v) is 16.3. The molecule has 0 aliphatic carbocycles. The Morgan fingerprint density at radius 2 is 2.00 bits per heavy atom. The number of fused-ring (bicyclic) bond motifs is 4. The average Bonchev–Trinajstić information content (AvgIpc) is 3.15. The van der Waals surface area contributed by atoms with E-state index in [9.17, 15) is 22.8 Å². The molecule has 2 aliphatic rings. The molecule has 31 heavy (non-hydrogen) atoms. The van der Waals surface area contributed by atoms with Crippen LogP contribution < -0.4 is 20.9 Å². The van der Waals surface area contributed by atoms with Gasteiger partial charge < -0.3 is 10.6 Å². The third kappa shape index (κ3) is 4.29. The summed E-state index contributed by atoms with van der Waals surface area (Å²) in [6.07, 6.45) is -1.81. The predicted octanol–water partition coefficient (Wildman–Crippen LogP) is 2.35. The van der Waals surface area contributed by atoms with E-state index in [4.69, 9.17) is 5.73 Å². The highest BCUT2D eigenvalue weighted by molar-refractivity contribution is 6.04. The Hall–Kier alpha value is -3.28. The van der Waals surface area contributed by atoms with Crippen LogP contribution in [0.4, 0.5) is 35.4 Å². The first-order valence-corrected chi connectivity index (χ1v) is 9.73. The van der Waals surface area contributed by atoms with Gasteiger partial charge in [0.25, 0.3) is 0 Å². The van der Waals surface area contributed by atoms with Crippen molar-refractivity contribution in [2.75, 3.05) is 28.2 Å². The molecule has 2 atom stereocenters. The maximum absolute atomic E-state index is 13.0. The van der Waals surface area contributed by atoms with Crippen LogP contribution >= 0.6 is 0 Å². The Balaban J connectivity index is 1.57. The number of nitrogens with one attached hydrogen (secondary N) is 1. The summed E-state index contributed by atoms with van der Waals surface area (Å²) in [5.74, 6) is -0.154. The number of carbonyl (C=O) groups excluding carboxylic acids is 2. The number of nitrogens with two attached hydrogens (primary N) is 1. The maximum Gasteiger partial charge on any atom is 0.403 e. The summed E-state index contributed by atoms with van der Waals surface area (Å²) in [6.45, 7) is 1.34. The molecule has 9 nitrogen and oxygen atoms in total. The van der Waals surface area contributed by atoms with Gasteiger partial charge >= 0.3 is 12.2 Å². The number of urea groups is 1. The molecule has 0 radical (unpaired) electrons. The van der Waals surface area contributed by atoms with E-state index in [2.05, 4.69) is 25.2 Å². The number of rotatable bonds is 5. The van der Waals surface area contributed by atoms with Crippen LogP contribution in [-0.4, -0.2) is 58.1 Å². The third-order valence-corrected chi connectivity index (χ3v) is 5.34. The minimum Gasteiger partial charge on any atom is -0.366 e. The zero-order valence-electron chi connectivity index (χ0n) is 16.3. The monoisotopic (exact) mass is 435 g/mol. The maximum atomic E-state index is 13.0. The highest BCUT2D eigenvalue weighted by Crippen LogP contribution is 2.39. The van der Waals surface area contributed by atoms with Crippen LogP contribution in [0.2, 0.25) is 0 Å². The number of carbonyl (C=O) groups is 2. The quantitative estimate of drug-likeness (QED) is 0.693. The standard InChI is InChI=1S/C19H20F3N7O2/c20-19(21,22)15(23)5-4-14(30)12-2-3-13-16(26-12)29(11-6-9-28(13)10-11)18(31)27-17-24-7-1-8-25-17/h1-3,7-8,11,15H,4-6,9-10,23H2,(H,24,25,27,31)/t11-,15?/m0/s1. The van der Waals surface area contributed by atoms with E-state index in [0.717, 1.165) is 6.54 Å². The first-order valence-electron chi connectivity index (χ1n) is 9.73. The summed E-state index contributed by atoms with van der Waals surface area (Å²) in [5, 5.41) is 2.62. The SMILES string of the molecule is NC(CCC(=O)c1ccc2c(n1)N(C(=O)Nc1ncccn1)[C@H]1CCN2C1)C(F)(F)F. The fourth-order valence-electron chi connectivity index (χ4n) is 3.72. The first kappa shape index (κ1) is 21.0. The summed E-state index contributed by atoms with van der Waals surface area (Å²) in [6, 6.07) is 2.02. The van der Waals surface area contributed by atoms with Gasteiger partial charge in [-0.15, -0.1) is 0 Å². The molecular weight excluding hydrogens is 415 g/mol. The van der Waals surface area contributed by atoms with Gasteiger partial charge in [-0.25, -0.2) is 19.7 Å². The van der Waals surface area contributed by atoms with Crippen molar-refractivity contribution in [3.05, 3.63) is 36.3 Å². The summed E-state index contributed by atoms with van der Waals surface area (Å²) in [4.78, 5) is 41.3. The second-order valence-corrected chi connectivity index (χ2v) is 7.41. The fraction of sp³-hybridized carbons (Fsp3) is 0.421. The summed E-state index contributed by atoms with van der Waals surface area (Å²) in [5.41, 5.74) is 5.76. The van der Waals surface area contributed by atoms with Crippen molar-refractivity contribution >= 4 is 29.3 Å². The molecule has 4 rings (SSSR count). The Morgan fingerprint density at radius 3 is 2.71 bits per heavy atom. The van der Waals surface area contributed by atoms with Gasteiger partial charge in [0.05, 0.1) is 11.7 Å². The third-order valence-electron chi connectivity index (χ3n) is 5.34. The number of hydrogen-bond acceptors (Lipinski definition) is 7. The summed E-state index contributed by atoms with van der Waals surface area (Å²) >= 11 is 0. The zero-order chi connectivity index (χ0) is 22.2. The van der Waals surface area contributed by atoms with Gasteiger partial charge in [0, 0.05) is 31.9 Å². The van der Waals surface area contributed by atoms with Crippen LogP contribution in [0.5, 0.6) is 0 Å². The number of amides is 2. The Morgan fingerprint density at radius 1 is 1.26 bits per heavy atom. The van der Waals surface area contributed by atoms with Gasteiger partial charge in [0.15, 0.2) is 11.6 Å². The lowest BCUT2D eigenvalue weighted by atomic mass is 10.1. The first-order chi connectivity index (χ1) is 14.7. The van der Waals surface area contributed by atoms with Gasteiger partial charge in [-0.05, 0) is 31.0 Å². The minimum absolute atomic E-state index is 0.00983. The van der Waals surface area contributed by atoms with Crippen LogP contribution in [0.15, 0.2) is 30.6 Å². The van der Waals surface area contributed by atoms with Gasteiger partial charge in [-0.1, -0.05) is 0 Å². The smallest absolute Gasteiger partial charge is 0.366 e. The lowest BCUT2D eigenvalue weighted by Gasteiger charge is -2.35. The van der Waals surface area contributed by atoms with Crippen molar-refractivity contribution < 1.29 is 22.8 Å². The molecule has 0 spiro atoms. The molecule has 164 valence electrons. The Kier molecular flexibility index (Phi) is 5.48. The second kappa shape index (κ2) is 8.10. The molecule has 4 heterocycles. The van der Waals surface area contributed by atoms with Gasteiger partial charge in [-0.2, -0.15) is 13.2 Å². The molecule has 0 aromatic carbocycles. The molecule has 1 fully saturated rings. The van der Waals surface area contributed by atoms with Crippen molar-refractivity contribution in [3.8, 4) is 0 Å². The molecule has 2 aliphatic heterocycles. The van der Waals surface area contributed by atoms with Crippen molar-refractivity contribution in [3.63, 3.8) is 0 Å². The number of nitrogens with zero attached hydrogens (tertiary/aromatic N) is 5. The van der Waals surface area contributed by atoms with E-state index in [1.807, 2.05) is 0 Å². The fourth-order valence-corrected chi connectivity index (χ4v) is 3.72. The van der Waals surface area contributed by atoms with E-state index < -0.39 is 36.9 Å². The lowest BCUT2D eigenvalue weighted by molar-refractivity contribution is -0.148. The molecule has 2 aromatic rings. The molecule has 1 saturated heterocycles. The largest absolute Gasteiger partial charge is 0.403 e. The van der Waals surface area contributed by atoms with Crippen molar-refractivity contribution in [1.82, 2.24) is 15.0 Å². The summed E-state index contributed by atoms with van der Waals surface area (Å²) in [7, 11) is 0. The minimum atomic E-state index is -4.57. The average molecular weight is 435 g/mol. The number of hydrogen-bond donors (Lipinski definition) is 2. The number of pyridine rings is 1. The van der Waals surface area contributed by atoms with E-state index in [1.54, 1.807) is 12.1 Å². The number of Topliss-reactive ketones (excluding diaryl/α,β-unsaturated/α-hetero) is 1. The number of aromatic nitrogens is 3. The van der Waals surface area contributed by atoms with Gasteiger partial charge in [-0.3, -0.25) is 15.0 Å². The molecule has 1 unspecified atom stereocenters. The lowest BCUT2D eigenvalue weighted by Crippen LogP contribution is -2.48. The van der Waals surface area contributed by atoms with Crippen LogP contribution in [0, 0.1) is 0 Å². The molecule has 2 aromatic heterocycles. The van der Waals surface area contributed by atoms with E-state index in [-0.39, 0.29) is 23.5 Å². The topological polar surface area (TPSA) is 117 Å². The highest BCUT2D eigenvalue weighted by Gasteiger charge is 2.41. The van der Waals surface area contributed by atoms with E-state index in [1.165, 1.54) is 23.4 Å². The normalized spacial score (nSPS) is 18.5.